The van der Waals surface area contributed by atoms with Crippen molar-refractivity contribution in [1.29, 1.82) is 5.26 Å². The number of likely N-dealkylation sites (N-methyl/N-ethyl adjacent to an activating group) is 1. The summed E-state index contributed by atoms with van der Waals surface area (Å²) in [6.45, 7) is -0.394. The van der Waals surface area contributed by atoms with E-state index in [1.807, 2.05) is 0 Å². The molecule has 0 unspecified atom stereocenters. The Balaban J connectivity index is 1.92. The molecule has 0 N–H and O–H groups in total. The Labute approximate surface area is 165 Å². The zero-order valence-corrected chi connectivity index (χ0v) is 16.6. The average molecular weight is 386 g/mol. The lowest BCUT2D eigenvalue weighted by Gasteiger charge is -2.38. The minimum absolute atomic E-state index is 0.378. The molecule has 150 valence electrons. The van der Waals surface area contributed by atoms with Crippen LogP contribution in [0.15, 0.2) is 24.3 Å². The van der Waals surface area contributed by atoms with Gasteiger partial charge in [-0.2, -0.15) is 5.26 Å². The molecule has 0 spiro atoms. The van der Waals surface area contributed by atoms with Crippen molar-refractivity contribution in [3.63, 3.8) is 0 Å². The lowest BCUT2D eigenvalue weighted by Crippen LogP contribution is -2.51. The number of rotatable bonds is 7. The van der Waals surface area contributed by atoms with Gasteiger partial charge in [-0.05, 0) is 36.6 Å². The van der Waals surface area contributed by atoms with E-state index in [1.54, 1.807) is 38.4 Å². The average Bonchev–Trinajstić information content (AvgIpc) is 2.75. The molecule has 7 heteroatoms. The Morgan fingerprint density at radius 2 is 1.86 bits per heavy atom. The molecule has 2 rings (SSSR count). The molecule has 1 aromatic carbocycles. The number of hydrogen-bond donors (Lipinski definition) is 0. The van der Waals surface area contributed by atoms with E-state index in [0.717, 1.165) is 24.8 Å². The van der Waals surface area contributed by atoms with Gasteiger partial charge in [-0.25, -0.2) is 4.79 Å². The molecular formula is C21H26N2O5. The molecule has 1 amide bonds. The number of hydrogen-bond acceptors (Lipinski definition) is 6. The van der Waals surface area contributed by atoms with Crippen LogP contribution in [0, 0.1) is 11.3 Å². The van der Waals surface area contributed by atoms with Gasteiger partial charge >= 0.3 is 5.97 Å². The first kappa shape index (κ1) is 21.3. The van der Waals surface area contributed by atoms with E-state index in [-0.39, 0.29) is 5.91 Å². The van der Waals surface area contributed by atoms with Crippen molar-refractivity contribution in [2.24, 2.45) is 0 Å². The highest BCUT2D eigenvalue weighted by Crippen LogP contribution is 2.32. The fraction of sp³-hybridized carbons (Fsp3) is 0.476. The molecule has 7 nitrogen and oxygen atoms in total. The van der Waals surface area contributed by atoms with Crippen molar-refractivity contribution in [2.75, 3.05) is 27.9 Å². The first-order valence-corrected chi connectivity index (χ1v) is 9.20. The number of ether oxygens (including phenoxy) is 3. The third kappa shape index (κ3) is 5.03. The molecule has 28 heavy (non-hydrogen) atoms. The number of nitriles is 1. The third-order valence-electron chi connectivity index (χ3n) is 5.06. The zero-order chi connectivity index (χ0) is 20.6. The first-order valence-electron chi connectivity index (χ1n) is 9.20. The zero-order valence-electron chi connectivity index (χ0n) is 16.6. The van der Waals surface area contributed by atoms with E-state index in [4.69, 9.17) is 14.2 Å². The largest absolute Gasteiger partial charge is 0.493 e. The summed E-state index contributed by atoms with van der Waals surface area (Å²) in [5, 5.41) is 9.55. The fourth-order valence-electron chi connectivity index (χ4n) is 3.30. The van der Waals surface area contributed by atoms with E-state index < -0.39 is 18.1 Å². The van der Waals surface area contributed by atoms with Crippen LogP contribution >= 0.6 is 0 Å². The predicted octanol–water partition coefficient (Wildman–Crippen LogP) is 2.95. The molecule has 1 fully saturated rings. The first-order chi connectivity index (χ1) is 13.5. The van der Waals surface area contributed by atoms with Gasteiger partial charge in [-0.3, -0.25) is 4.79 Å². The lowest BCUT2D eigenvalue weighted by atomic mass is 9.81. The number of amides is 1. The van der Waals surface area contributed by atoms with Gasteiger partial charge in [0.25, 0.3) is 5.91 Å². The van der Waals surface area contributed by atoms with Crippen LogP contribution in [0.1, 0.15) is 37.7 Å². The Hall–Kier alpha value is -3.01. The number of methoxy groups -OCH3 is 2. The van der Waals surface area contributed by atoms with E-state index in [2.05, 4.69) is 6.07 Å². The van der Waals surface area contributed by atoms with Crippen molar-refractivity contribution in [3.05, 3.63) is 29.8 Å². The molecule has 1 aliphatic rings. The smallest absolute Gasteiger partial charge is 0.331 e. The normalized spacial score (nSPS) is 15.5. The summed E-state index contributed by atoms with van der Waals surface area (Å²) >= 11 is 0. The Bertz CT molecular complexity index is 775. The molecule has 0 radical (unpaired) electrons. The number of nitrogens with zero attached hydrogens (tertiary/aromatic N) is 2. The van der Waals surface area contributed by atoms with E-state index in [0.29, 0.717) is 24.3 Å². The van der Waals surface area contributed by atoms with Crippen LogP contribution < -0.4 is 9.47 Å². The van der Waals surface area contributed by atoms with Crippen molar-refractivity contribution in [2.45, 2.75) is 37.6 Å². The molecule has 0 aromatic heterocycles. The minimum atomic E-state index is -0.794. The maximum absolute atomic E-state index is 12.4. The molecule has 0 heterocycles. The molecule has 0 aliphatic heterocycles. The molecule has 1 aromatic rings. The van der Waals surface area contributed by atoms with Gasteiger partial charge in [0.05, 0.1) is 20.3 Å². The SMILES string of the molecule is COc1ccc(/C=C/C(=O)OCC(=O)N(C)C2(C#N)CCCCC2)cc1OC. The number of carbonyl (C=O) groups is 2. The Morgan fingerprint density at radius 3 is 2.46 bits per heavy atom. The maximum atomic E-state index is 12.4. The number of carbonyl (C=O) groups excluding carboxylic acids is 2. The van der Waals surface area contributed by atoms with Crippen LogP contribution in [0.4, 0.5) is 0 Å². The summed E-state index contributed by atoms with van der Waals surface area (Å²) in [6.07, 6.45) is 7.02. The molecular weight excluding hydrogens is 360 g/mol. The highest BCUT2D eigenvalue weighted by atomic mass is 16.5. The second-order valence-electron chi connectivity index (χ2n) is 6.71. The van der Waals surface area contributed by atoms with Gasteiger partial charge in [0.15, 0.2) is 18.1 Å². The van der Waals surface area contributed by atoms with Crippen molar-refractivity contribution in [3.8, 4) is 17.6 Å². The van der Waals surface area contributed by atoms with Crippen LogP contribution in [0.3, 0.4) is 0 Å². The standard InChI is InChI=1S/C21H26N2O5/c1-23(21(15-22)11-5-4-6-12-21)19(24)14-28-20(25)10-8-16-7-9-17(26-2)18(13-16)27-3/h7-10,13H,4-6,11-12,14H2,1-3H3/b10-8+. The Morgan fingerprint density at radius 1 is 1.18 bits per heavy atom. The summed E-state index contributed by atoms with van der Waals surface area (Å²) in [6, 6.07) is 7.50. The molecule has 0 atom stereocenters. The Kier molecular flexibility index (Phi) is 7.44. The highest BCUT2D eigenvalue weighted by Gasteiger charge is 2.38. The molecule has 1 aliphatic carbocycles. The van der Waals surface area contributed by atoms with Gasteiger partial charge < -0.3 is 19.1 Å². The topological polar surface area (TPSA) is 88.9 Å². The molecule has 0 saturated heterocycles. The van der Waals surface area contributed by atoms with Gasteiger partial charge in [0.2, 0.25) is 0 Å². The summed E-state index contributed by atoms with van der Waals surface area (Å²) in [5.74, 6) is 0.122. The van der Waals surface area contributed by atoms with Gasteiger partial charge in [0, 0.05) is 13.1 Å². The van der Waals surface area contributed by atoms with Crippen LogP contribution in [0.5, 0.6) is 11.5 Å². The van der Waals surface area contributed by atoms with Crippen molar-refractivity contribution in [1.82, 2.24) is 4.90 Å². The summed E-state index contributed by atoms with van der Waals surface area (Å²) in [5.41, 5.74) is -0.0688. The second kappa shape index (κ2) is 9.79. The van der Waals surface area contributed by atoms with Gasteiger partial charge in [-0.1, -0.05) is 25.3 Å². The monoisotopic (exact) mass is 386 g/mol. The summed E-state index contributed by atoms with van der Waals surface area (Å²) in [4.78, 5) is 25.8. The number of benzene rings is 1. The van der Waals surface area contributed by atoms with Crippen LogP contribution in [-0.2, 0) is 14.3 Å². The second-order valence-corrected chi connectivity index (χ2v) is 6.71. The predicted molar refractivity (Wildman–Crippen MR) is 104 cm³/mol. The fourth-order valence-corrected chi connectivity index (χ4v) is 3.30. The third-order valence-corrected chi connectivity index (χ3v) is 5.06. The summed E-state index contributed by atoms with van der Waals surface area (Å²) < 4.78 is 15.4. The van der Waals surface area contributed by atoms with Crippen molar-refractivity contribution >= 4 is 18.0 Å². The van der Waals surface area contributed by atoms with Gasteiger partial charge in [-0.15, -0.1) is 0 Å². The van der Waals surface area contributed by atoms with Crippen molar-refractivity contribution < 1.29 is 23.8 Å². The minimum Gasteiger partial charge on any atom is -0.493 e. The molecule has 1 saturated carbocycles. The van der Waals surface area contributed by atoms with E-state index in [9.17, 15) is 14.9 Å². The lowest BCUT2D eigenvalue weighted by molar-refractivity contribution is -0.150. The highest BCUT2D eigenvalue weighted by molar-refractivity contribution is 5.89. The van der Waals surface area contributed by atoms with Crippen LogP contribution in [0.2, 0.25) is 0 Å². The number of esters is 1. The quantitative estimate of drug-likeness (QED) is 0.529. The van der Waals surface area contributed by atoms with Crippen LogP contribution in [-0.4, -0.2) is 50.2 Å². The van der Waals surface area contributed by atoms with Crippen LogP contribution in [0.25, 0.3) is 6.08 Å². The maximum Gasteiger partial charge on any atom is 0.331 e. The van der Waals surface area contributed by atoms with E-state index >= 15 is 0 Å². The van der Waals surface area contributed by atoms with E-state index in [1.165, 1.54) is 18.1 Å². The van der Waals surface area contributed by atoms with Gasteiger partial charge in [0.1, 0.15) is 5.54 Å². The summed E-state index contributed by atoms with van der Waals surface area (Å²) in [7, 11) is 4.68. The molecule has 0 bridgehead atoms.